The third-order valence-electron chi connectivity index (χ3n) is 5.21. The van der Waals surface area contributed by atoms with Gasteiger partial charge < -0.3 is 9.30 Å². The van der Waals surface area contributed by atoms with Gasteiger partial charge in [-0.3, -0.25) is 19.7 Å². The Balaban J connectivity index is 1.92. The number of aromatic nitrogens is 3. The van der Waals surface area contributed by atoms with Crippen LogP contribution in [-0.4, -0.2) is 21.1 Å². The molecule has 9 heteroatoms. The summed E-state index contributed by atoms with van der Waals surface area (Å²) in [4.78, 5) is 30.4. The molecule has 0 saturated carbocycles. The quantitative estimate of drug-likeness (QED) is 0.272. The predicted molar refractivity (Wildman–Crippen MR) is 137 cm³/mol. The van der Waals surface area contributed by atoms with Crippen LogP contribution in [0.1, 0.15) is 5.69 Å². The van der Waals surface area contributed by atoms with Gasteiger partial charge in [-0.05, 0) is 48.7 Å². The first-order valence-electron chi connectivity index (χ1n) is 10.2. The maximum Gasteiger partial charge on any atom is 0.281 e. The summed E-state index contributed by atoms with van der Waals surface area (Å²) in [6.07, 6.45) is 3.08. The summed E-state index contributed by atoms with van der Waals surface area (Å²) >= 11 is 12.3. The second kappa shape index (κ2) is 9.99. The largest absolute Gasteiger partial charge is 0.487 e. The number of benzene rings is 2. The lowest BCUT2D eigenvalue weighted by atomic mass is 10.2. The maximum absolute atomic E-state index is 13.5. The minimum Gasteiger partial charge on any atom is -0.487 e. The average molecular weight is 495 g/mol. The lowest BCUT2D eigenvalue weighted by Gasteiger charge is -2.15. The molecule has 0 unspecified atom stereocenters. The third-order valence-corrected chi connectivity index (χ3v) is 5.78. The number of nitrogens with zero attached hydrogens (tertiary/aromatic N) is 3. The molecule has 7 nitrogen and oxygen atoms in total. The standard InChI is InChI=1S/C25H20Cl2N4O3/c1-3-16(13-28-2)14-30-22(15-34-18-10-8-17(26)9-11-18)24-20(12-23(30)32)29-31(25(24)33)21-7-5-4-6-19(21)27/h3-13,29H,1-2,14-15H2/b16-13+. The first-order valence-corrected chi connectivity index (χ1v) is 11.0. The molecule has 4 rings (SSSR count). The number of para-hydroxylation sites is 1. The van der Waals surface area contributed by atoms with Gasteiger partial charge in [-0.1, -0.05) is 48.0 Å². The van der Waals surface area contributed by atoms with Gasteiger partial charge in [0.1, 0.15) is 12.4 Å². The Kier molecular flexibility index (Phi) is 6.86. The molecular formula is C25H20Cl2N4O3. The summed E-state index contributed by atoms with van der Waals surface area (Å²) in [5.41, 5.74) is 1.18. The number of ether oxygens (including phenoxy) is 1. The van der Waals surface area contributed by atoms with Crippen molar-refractivity contribution in [1.29, 1.82) is 0 Å². The molecule has 1 N–H and O–H groups in total. The Morgan fingerprint density at radius 3 is 2.53 bits per heavy atom. The molecule has 0 spiro atoms. The van der Waals surface area contributed by atoms with Gasteiger partial charge in [-0.15, -0.1) is 0 Å². The summed E-state index contributed by atoms with van der Waals surface area (Å²) in [5, 5.41) is 4.26. The van der Waals surface area contributed by atoms with Crippen LogP contribution < -0.4 is 15.9 Å². The normalized spacial score (nSPS) is 11.5. The molecule has 0 amide bonds. The molecule has 2 heterocycles. The zero-order chi connectivity index (χ0) is 24.2. The first kappa shape index (κ1) is 23.4. The number of hydrogen-bond acceptors (Lipinski definition) is 4. The van der Waals surface area contributed by atoms with Gasteiger partial charge in [-0.2, -0.15) is 0 Å². The number of aliphatic imine (C=N–C) groups is 1. The summed E-state index contributed by atoms with van der Waals surface area (Å²) in [5.74, 6) is 0.537. The van der Waals surface area contributed by atoms with Crippen molar-refractivity contribution in [3.05, 3.63) is 115 Å². The van der Waals surface area contributed by atoms with E-state index in [-0.39, 0.29) is 24.3 Å². The van der Waals surface area contributed by atoms with E-state index < -0.39 is 0 Å². The molecule has 4 aromatic rings. The van der Waals surface area contributed by atoms with Gasteiger partial charge in [0, 0.05) is 17.3 Å². The smallest absolute Gasteiger partial charge is 0.281 e. The van der Waals surface area contributed by atoms with Crippen molar-refractivity contribution in [1.82, 2.24) is 14.3 Å². The molecule has 0 aliphatic heterocycles. The number of rotatable bonds is 8. The highest BCUT2D eigenvalue weighted by molar-refractivity contribution is 6.32. The second-order valence-corrected chi connectivity index (χ2v) is 8.18. The fourth-order valence-electron chi connectivity index (χ4n) is 3.57. The summed E-state index contributed by atoms with van der Waals surface area (Å²) < 4.78 is 8.71. The molecule has 2 aromatic carbocycles. The zero-order valence-electron chi connectivity index (χ0n) is 18.0. The molecule has 2 aromatic heterocycles. The van der Waals surface area contributed by atoms with E-state index in [1.54, 1.807) is 54.6 Å². The van der Waals surface area contributed by atoms with Gasteiger partial charge >= 0.3 is 0 Å². The van der Waals surface area contributed by atoms with Crippen LogP contribution in [0.2, 0.25) is 10.0 Å². The maximum atomic E-state index is 13.5. The van der Waals surface area contributed by atoms with E-state index in [2.05, 4.69) is 23.4 Å². The van der Waals surface area contributed by atoms with Crippen LogP contribution in [0.25, 0.3) is 16.6 Å². The lowest BCUT2D eigenvalue weighted by Crippen LogP contribution is -2.26. The van der Waals surface area contributed by atoms with E-state index in [4.69, 9.17) is 27.9 Å². The van der Waals surface area contributed by atoms with Gasteiger partial charge in [0.2, 0.25) is 0 Å². The Labute approximate surface area is 204 Å². The fraction of sp³-hybridized carbons (Fsp3) is 0.0800. The van der Waals surface area contributed by atoms with Gasteiger partial charge in [0.05, 0.1) is 33.9 Å². The summed E-state index contributed by atoms with van der Waals surface area (Å²) in [6, 6.07) is 15.1. The van der Waals surface area contributed by atoms with Crippen LogP contribution in [0, 0.1) is 0 Å². The molecule has 0 saturated heterocycles. The third kappa shape index (κ3) is 4.62. The molecule has 0 aliphatic rings. The number of H-pyrrole nitrogens is 1. The van der Waals surface area contributed by atoms with Crippen molar-refractivity contribution < 1.29 is 4.74 Å². The molecule has 0 atom stereocenters. The van der Waals surface area contributed by atoms with Crippen molar-refractivity contribution in [2.75, 3.05) is 0 Å². The molecule has 0 aliphatic carbocycles. The molecular weight excluding hydrogens is 475 g/mol. The van der Waals surface area contributed by atoms with E-state index in [1.165, 1.54) is 21.5 Å². The lowest BCUT2D eigenvalue weighted by molar-refractivity contribution is 0.296. The molecule has 0 bridgehead atoms. The van der Waals surface area contributed by atoms with Crippen molar-refractivity contribution in [3.63, 3.8) is 0 Å². The minimum atomic E-state index is -0.363. The van der Waals surface area contributed by atoms with Crippen LogP contribution in [-0.2, 0) is 13.2 Å². The van der Waals surface area contributed by atoms with Crippen molar-refractivity contribution in [2.24, 2.45) is 4.99 Å². The van der Waals surface area contributed by atoms with Crippen molar-refractivity contribution in [2.45, 2.75) is 13.2 Å². The predicted octanol–water partition coefficient (Wildman–Crippen LogP) is 5.14. The number of pyridine rings is 1. The first-order chi connectivity index (χ1) is 16.4. The molecule has 0 fully saturated rings. The van der Waals surface area contributed by atoms with Crippen LogP contribution in [0.4, 0.5) is 0 Å². The summed E-state index contributed by atoms with van der Waals surface area (Å²) in [7, 11) is 0. The van der Waals surface area contributed by atoms with E-state index in [0.717, 1.165) is 0 Å². The number of hydrogen-bond donors (Lipinski definition) is 1. The topological polar surface area (TPSA) is 81.4 Å². The SMILES string of the molecule is C=C/C(=C\N=C)Cn1c(COc2ccc(Cl)cc2)c2c(=O)n(-c3ccccc3Cl)[nH]c2cc1=O. The van der Waals surface area contributed by atoms with Gasteiger partial charge in [0.15, 0.2) is 0 Å². The molecule has 0 radical (unpaired) electrons. The highest BCUT2D eigenvalue weighted by Crippen LogP contribution is 2.22. The van der Waals surface area contributed by atoms with E-state index in [9.17, 15) is 9.59 Å². The molecule has 34 heavy (non-hydrogen) atoms. The van der Waals surface area contributed by atoms with E-state index in [1.807, 2.05) is 0 Å². The average Bonchev–Trinajstić information content (AvgIpc) is 3.15. The Morgan fingerprint density at radius 1 is 1.12 bits per heavy atom. The van der Waals surface area contributed by atoms with Crippen LogP contribution in [0.15, 0.2) is 93.6 Å². The highest BCUT2D eigenvalue weighted by atomic mass is 35.5. The van der Waals surface area contributed by atoms with Gasteiger partial charge in [0.25, 0.3) is 11.1 Å². The fourth-order valence-corrected chi connectivity index (χ4v) is 3.92. The van der Waals surface area contributed by atoms with Crippen LogP contribution in [0.5, 0.6) is 5.75 Å². The Bertz CT molecular complexity index is 1530. The van der Waals surface area contributed by atoms with E-state index >= 15 is 0 Å². The van der Waals surface area contributed by atoms with Crippen molar-refractivity contribution >= 4 is 40.8 Å². The second-order valence-electron chi connectivity index (χ2n) is 7.34. The monoisotopic (exact) mass is 494 g/mol. The molecule has 172 valence electrons. The van der Waals surface area contributed by atoms with Crippen LogP contribution in [0.3, 0.4) is 0 Å². The zero-order valence-corrected chi connectivity index (χ0v) is 19.5. The minimum absolute atomic E-state index is 0.0459. The Hall–Kier alpha value is -3.81. The number of halogens is 2. The number of nitrogens with one attached hydrogen (secondary N) is 1. The number of allylic oxidation sites excluding steroid dienone is 2. The van der Waals surface area contributed by atoms with Crippen LogP contribution >= 0.6 is 23.2 Å². The Morgan fingerprint density at radius 2 is 1.85 bits per heavy atom. The highest BCUT2D eigenvalue weighted by Gasteiger charge is 2.19. The number of fused-ring (bicyclic) bond motifs is 1. The number of aromatic amines is 1. The van der Waals surface area contributed by atoms with Crippen molar-refractivity contribution in [3.8, 4) is 11.4 Å². The van der Waals surface area contributed by atoms with Gasteiger partial charge in [-0.25, -0.2) is 4.68 Å². The van der Waals surface area contributed by atoms with E-state index in [0.29, 0.717) is 43.7 Å². The summed E-state index contributed by atoms with van der Waals surface area (Å²) in [6.45, 7) is 7.31.